The lowest BCUT2D eigenvalue weighted by Crippen LogP contribution is -2.31. The van der Waals surface area contributed by atoms with Gasteiger partial charge in [-0.25, -0.2) is 0 Å². The molecular weight excluding hydrogens is 350 g/mol. The molecule has 0 unspecified atom stereocenters. The molecule has 3 aromatic rings. The fraction of sp³-hybridized carbons (Fsp3) is 0.143. The van der Waals surface area contributed by atoms with Crippen LogP contribution in [-0.2, 0) is 27.4 Å². The molecule has 132 valence electrons. The summed E-state index contributed by atoms with van der Waals surface area (Å²) in [7, 11) is 0. The Kier molecular flexibility index (Phi) is 5.87. The van der Waals surface area contributed by atoms with Crippen molar-refractivity contribution in [3.63, 3.8) is 0 Å². The Bertz CT molecular complexity index is 934. The third kappa shape index (κ3) is 4.83. The van der Waals surface area contributed by atoms with Gasteiger partial charge in [0.15, 0.2) is 0 Å². The molecule has 1 N–H and O–H groups in total. The molecule has 0 bridgehead atoms. The first kappa shape index (κ1) is 18.0. The molecular formula is C21H18ClNO3. The maximum Gasteiger partial charge on any atom is 0.325 e. The van der Waals surface area contributed by atoms with Gasteiger partial charge in [-0.2, -0.15) is 0 Å². The molecule has 0 spiro atoms. The molecule has 0 heterocycles. The number of nitrogens with one attached hydrogen (secondary N) is 1. The first-order valence-corrected chi connectivity index (χ1v) is 8.63. The zero-order valence-corrected chi connectivity index (χ0v) is 14.8. The van der Waals surface area contributed by atoms with Gasteiger partial charge in [0.25, 0.3) is 0 Å². The van der Waals surface area contributed by atoms with Crippen LogP contribution < -0.4 is 5.32 Å². The molecule has 1 amide bonds. The van der Waals surface area contributed by atoms with Crippen LogP contribution in [0.4, 0.5) is 0 Å². The summed E-state index contributed by atoms with van der Waals surface area (Å²) in [6.07, 6.45) is 0.211. The van der Waals surface area contributed by atoms with Crippen LogP contribution in [0.2, 0.25) is 5.02 Å². The van der Waals surface area contributed by atoms with Crippen molar-refractivity contribution in [2.24, 2.45) is 0 Å². The first-order valence-electron chi connectivity index (χ1n) is 8.25. The van der Waals surface area contributed by atoms with Crippen LogP contribution in [0, 0.1) is 0 Å². The molecule has 0 saturated heterocycles. The highest BCUT2D eigenvalue weighted by Crippen LogP contribution is 2.18. The summed E-state index contributed by atoms with van der Waals surface area (Å²) in [5.74, 6) is -0.711. The summed E-state index contributed by atoms with van der Waals surface area (Å²) in [5.41, 5.74) is 1.72. The smallest absolute Gasteiger partial charge is 0.325 e. The number of rotatable bonds is 6. The number of halogens is 1. The molecule has 0 atom stereocenters. The molecule has 26 heavy (non-hydrogen) atoms. The highest BCUT2D eigenvalue weighted by Gasteiger charge is 2.10. The standard InChI is InChI=1S/C21H18ClNO3/c22-18-9-3-5-15(11-18)14-26-21(25)13-23-20(24)12-17-8-4-7-16-6-1-2-10-19(16)17/h1-11H,12-14H2,(H,23,24). The molecule has 0 aliphatic heterocycles. The lowest BCUT2D eigenvalue weighted by molar-refractivity contribution is -0.145. The Morgan fingerprint density at radius 3 is 2.58 bits per heavy atom. The number of hydrogen-bond donors (Lipinski definition) is 1. The third-order valence-corrected chi connectivity index (χ3v) is 4.18. The van der Waals surface area contributed by atoms with Crippen LogP contribution in [0.25, 0.3) is 10.8 Å². The van der Waals surface area contributed by atoms with E-state index in [0.29, 0.717) is 5.02 Å². The number of esters is 1. The Morgan fingerprint density at radius 1 is 0.962 bits per heavy atom. The Balaban J connectivity index is 1.50. The quantitative estimate of drug-likeness (QED) is 0.672. The van der Waals surface area contributed by atoms with Gasteiger partial charge >= 0.3 is 5.97 Å². The van der Waals surface area contributed by atoms with E-state index in [0.717, 1.165) is 21.9 Å². The zero-order chi connectivity index (χ0) is 18.4. The molecule has 0 aromatic heterocycles. The van der Waals surface area contributed by atoms with Gasteiger partial charge in [0.2, 0.25) is 5.91 Å². The number of carbonyl (C=O) groups excluding carboxylic acids is 2. The third-order valence-electron chi connectivity index (χ3n) is 3.95. The second-order valence-electron chi connectivity index (χ2n) is 5.88. The van der Waals surface area contributed by atoms with Gasteiger partial charge in [0, 0.05) is 5.02 Å². The van der Waals surface area contributed by atoms with Crippen molar-refractivity contribution in [3.8, 4) is 0 Å². The zero-order valence-electron chi connectivity index (χ0n) is 14.1. The monoisotopic (exact) mass is 367 g/mol. The molecule has 3 rings (SSSR count). The Labute approximate surface area is 156 Å². The lowest BCUT2D eigenvalue weighted by Gasteiger charge is -2.08. The molecule has 0 aliphatic carbocycles. The number of amides is 1. The fourth-order valence-corrected chi connectivity index (χ4v) is 2.91. The number of hydrogen-bond acceptors (Lipinski definition) is 3. The van der Waals surface area contributed by atoms with Gasteiger partial charge in [0.1, 0.15) is 13.2 Å². The van der Waals surface area contributed by atoms with Crippen molar-refractivity contribution >= 4 is 34.2 Å². The molecule has 0 saturated carbocycles. The minimum absolute atomic E-state index is 0.124. The normalized spacial score (nSPS) is 10.5. The van der Waals surface area contributed by atoms with Crippen LogP contribution in [0.5, 0.6) is 0 Å². The number of ether oxygens (including phenoxy) is 1. The Morgan fingerprint density at radius 2 is 1.73 bits per heavy atom. The van der Waals surface area contributed by atoms with Gasteiger partial charge in [-0.15, -0.1) is 0 Å². The molecule has 0 fully saturated rings. The summed E-state index contributed by atoms with van der Waals surface area (Å²) in [6.45, 7) is -0.0389. The van der Waals surface area contributed by atoms with Crippen LogP contribution in [-0.4, -0.2) is 18.4 Å². The Hall–Kier alpha value is -2.85. The van der Waals surface area contributed by atoms with Crippen LogP contribution >= 0.6 is 11.6 Å². The summed E-state index contributed by atoms with van der Waals surface area (Å²) < 4.78 is 5.14. The van der Waals surface area contributed by atoms with Crippen molar-refractivity contribution < 1.29 is 14.3 Å². The van der Waals surface area contributed by atoms with E-state index >= 15 is 0 Å². The maximum atomic E-state index is 12.1. The van der Waals surface area contributed by atoms with Gasteiger partial charge in [-0.1, -0.05) is 66.2 Å². The van der Waals surface area contributed by atoms with E-state index in [2.05, 4.69) is 5.32 Å². The van der Waals surface area contributed by atoms with E-state index in [1.54, 1.807) is 18.2 Å². The number of fused-ring (bicyclic) bond motifs is 1. The number of carbonyl (C=O) groups is 2. The van der Waals surface area contributed by atoms with Gasteiger partial charge in [0.05, 0.1) is 6.42 Å². The summed E-state index contributed by atoms with van der Waals surface area (Å²) in [6, 6.07) is 20.8. The molecule has 5 heteroatoms. The summed E-state index contributed by atoms with van der Waals surface area (Å²) in [5, 5.41) is 5.31. The van der Waals surface area contributed by atoms with Crippen molar-refractivity contribution in [2.75, 3.05) is 6.54 Å². The van der Waals surface area contributed by atoms with Gasteiger partial charge in [-0.05, 0) is 34.0 Å². The lowest BCUT2D eigenvalue weighted by atomic mass is 10.0. The summed E-state index contributed by atoms with van der Waals surface area (Å²) in [4.78, 5) is 23.9. The van der Waals surface area contributed by atoms with Crippen LogP contribution in [0.15, 0.2) is 66.7 Å². The molecule has 0 radical (unpaired) electrons. The largest absolute Gasteiger partial charge is 0.460 e. The molecule has 0 aliphatic rings. The van der Waals surface area contributed by atoms with Crippen molar-refractivity contribution in [1.29, 1.82) is 0 Å². The number of benzene rings is 3. The average molecular weight is 368 g/mol. The van der Waals surface area contributed by atoms with Crippen LogP contribution in [0.1, 0.15) is 11.1 Å². The van der Waals surface area contributed by atoms with E-state index in [4.69, 9.17) is 16.3 Å². The minimum atomic E-state index is -0.490. The van der Waals surface area contributed by atoms with Gasteiger partial charge < -0.3 is 10.1 Å². The van der Waals surface area contributed by atoms with Crippen molar-refractivity contribution in [3.05, 3.63) is 82.9 Å². The summed E-state index contributed by atoms with van der Waals surface area (Å²) >= 11 is 5.88. The highest BCUT2D eigenvalue weighted by molar-refractivity contribution is 6.30. The predicted octanol–water partition coefficient (Wildman–Crippen LogP) is 3.90. The second kappa shape index (κ2) is 8.50. The van der Waals surface area contributed by atoms with E-state index in [-0.39, 0.29) is 25.5 Å². The van der Waals surface area contributed by atoms with Crippen molar-refractivity contribution in [2.45, 2.75) is 13.0 Å². The molecule has 4 nitrogen and oxygen atoms in total. The van der Waals surface area contributed by atoms with Crippen LogP contribution in [0.3, 0.4) is 0 Å². The van der Waals surface area contributed by atoms with E-state index in [1.165, 1.54) is 0 Å². The maximum absolute atomic E-state index is 12.1. The predicted molar refractivity (Wildman–Crippen MR) is 102 cm³/mol. The van der Waals surface area contributed by atoms with Gasteiger partial charge in [-0.3, -0.25) is 9.59 Å². The van der Waals surface area contributed by atoms with E-state index < -0.39 is 5.97 Å². The SMILES string of the molecule is O=C(Cc1cccc2ccccc12)NCC(=O)OCc1cccc(Cl)c1. The minimum Gasteiger partial charge on any atom is -0.460 e. The fourth-order valence-electron chi connectivity index (χ4n) is 2.69. The topological polar surface area (TPSA) is 55.4 Å². The average Bonchev–Trinajstić information content (AvgIpc) is 2.65. The second-order valence-corrected chi connectivity index (χ2v) is 6.32. The molecule has 3 aromatic carbocycles. The van der Waals surface area contributed by atoms with E-state index in [9.17, 15) is 9.59 Å². The van der Waals surface area contributed by atoms with E-state index in [1.807, 2.05) is 48.5 Å². The first-order chi connectivity index (χ1) is 12.6. The highest BCUT2D eigenvalue weighted by atomic mass is 35.5. The van der Waals surface area contributed by atoms with Crippen molar-refractivity contribution in [1.82, 2.24) is 5.32 Å².